The van der Waals surface area contributed by atoms with Gasteiger partial charge in [0, 0.05) is 35.9 Å². The molecule has 0 radical (unpaired) electrons. The molecule has 0 fully saturated rings. The van der Waals surface area contributed by atoms with Gasteiger partial charge in [-0.25, -0.2) is 0 Å². The summed E-state index contributed by atoms with van der Waals surface area (Å²) in [6, 6.07) is 16.7. The number of rotatable bonds is 10. The molecule has 4 nitrogen and oxygen atoms in total. The molecule has 31 heavy (non-hydrogen) atoms. The predicted molar refractivity (Wildman–Crippen MR) is 137 cm³/mol. The molecule has 2 aromatic rings. The highest BCUT2D eigenvalue weighted by Gasteiger charge is 2.02. The van der Waals surface area contributed by atoms with Gasteiger partial charge in [0.05, 0.1) is 5.69 Å². The first kappa shape index (κ1) is 23.7. The maximum absolute atomic E-state index is 5.76. The second-order valence-electron chi connectivity index (χ2n) is 7.80. The van der Waals surface area contributed by atoms with Crippen molar-refractivity contribution in [2.24, 2.45) is 26.6 Å². The van der Waals surface area contributed by atoms with E-state index in [1.807, 2.05) is 25.3 Å². The first-order valence-corrected chi connectivity index (χ1v) is 10.4. The van der Waals surface area contributed by atoms with Gasteiger partial charge in [-0.3, -0.25) is 15.0 Å². The zero-order valence-electron chi connectivity index (χ0n) is 18.8. The van der Waals surface area contributed by atoms with E-state index in [1.54, 1.807) is 18.4 Å². The van der Waals surface area contributed by atoms with Crippen LogP contribution < -0.4 is 5.73 Å². The zero-order chi connectivity index (χ0) is 22.6. The van der Waals surface area contributed by atoms with E-state index in [1.165, 1.54) is 11.1 Å². The van der Waals surface area contributed by atoms with Crippen molar-refractivity contribution < 1.29 is 0 Å². The summed E-state index contributed by atoms with van der Waals surface area (Å²) in [4.78, 5) is 13.0. The Morgan fingerprint density at radius 2 is 1.65 bits per heavy atom. The van der Waals surface area contributed by atoms with Crippen molar-refractivity contribution in [3.05, 3.63) is 95.8 Å². The average Bonchev–Trinajstić information content (AvgIpc) is 2.74. The molecule has 0 saturated carbocycles. The molecule has 0 amide bonds. The standard InChI is InChI=1S/C27H32N4/c1-6-26(28)15-21(4)31-27-13-9-23(10-14-27)16-22-7-11-24(12-8-22)25(18-29-5)19-30-17-20(2)3/h6-15,18-20H,1,5,16-17,28H2,2-4H3/b25-18+,26-15?,30-19?,31-21?. The van der Waals surface area contributed by atoms with Crippen LogP contribution in [0.25, 0.3) is 5.57 Å². The minimum absolute atomic E-state index is 0.527. The molecule has 160 valence electrons. The molecule has 0 aromatic heterocycles. The predicted octanol–water partition coefficient (Wildman–Crippen LogP) is 6.17. The van der Waals surface area contributed by atoms with Crippen molar-refractivity contribution in [2.75, 3.05) is 6.54 Å². The third kappa shape index (κ3) is 8.39. The number of hydrogen-bond donors (Lipinski definition) is 1. The average molecular weight is 413 g/mol. The third-order valence-electron chi connectivity index (χ3n) is 4.48. The number of nitrogens with zero attached hydrogens (tertiary/aromatic N) is 3. The second-order valence-corrected chi connectivity index (χ2v) is 7.80. The van der Waals surface area contributed by atoms with Crippen molar-refractivity contribution in [3.8, 4) is 0 Å². The van der Waals surface area contributed by atoms with Crippen LogP contribution in [-0.4, -0.2) is 25.2 Å². The molecule has 4 heteroatoms. The number of benzene rings is 2. The fourth-order valence-electron chi connectivity index (χ4n) is 2.92. The van der Waals surface area contributed by atoms with Gasteiger partial charge in [-0.15, -0.1) is 0 Å². The molecule has 0 aliphatic rings. The van der Waals surface area contributed by atoms with Gasteiger partial charge < -0.3 is 5.73 Å². The largest absolute Gasteiger partial charge is 0.399 e. The van der Waals surface area contributed by atoms with E-state index in [2.05, 4.69) is 78.5 Å². The Bertz CT molecular complexity index is 989. The normalized spacial score (nSPS) is 13.1. The fourth-order valence-corrected chi connectivity index (χ4v) is 2.92. The Hall–Kier alpha value is -3.53. The summed E-state index contributed by atoms with van der Waals surface area (Å²) in [5, 5.41) is 0. The van der Waals surface area contributed by atoms with Crippen molar-refractivity contribution in [3.63, 3.8) is 0 Å². The van der Waals surface area contributed by atoms with Gasteiger partial charge in [0.1, 0.15) is 0 Å². The molecule has 0 saturated heterocycles. The van der Waals surface area contributed by atoms with E-state index in [0.717, 1.165) is 35.5 Å². The van der Waals surface area contributed by atoms with Crippen LogP contribution in [-0.2, 0) is 6.42 Å². The SMILES string of the molecule is C=CC(N)=CC(C)=Nc1ccc(Cc2ccc(/C(C=NCC(C)C)=C/N=C)cc2)cc1. The topological polar surface area (TPSA) is 63.1 Å². The highest BCUT2D eigenvalue weighted by atomic mass is 14.7. The van der Waals surface area contributed by atoms with Gasteiger partial charge in [-0.2, -0.15) is 0 Å². The first-order chi connectivity index (χ1) is 14.9. The molecule has 2 aromatic carbocycles. The summed E-state index contributed by atoms with van der Waals surface area (Å²) < 4.78 is 0. The Morgan fingerprint density at radius 1 is 1.03 bits per heavy atom. The molecule has 0 atom stereocenters. The van der Waals surface area contributed by atoms with Crippen molar-refractivity contribution in [1.29, 1.82) is 0 Å². The number of aliphatic imine (C=N–C) groups is 3. The number of allylic oxidation sites excluding steroid dienone is 3. The molecule has 0 aliphatic carbocycles. The monoisotopic (exact) mass is 412 g/mol. The molecule has 0 spiro atoms. The molecule has 2 N–H and O–H groups in total. The lowest BCUT2D eigenvalue weighted by molar-refractivity contribution is 0.667. The van der Waals surface area contributed by atoms with Crippen LogP contribution in [0.5, 0.6) is 0 Å². The summed E-state index contributed by atoms with van der Waals surface area (Å²) >= 11 is 0. The summed E-state index contributed by atoms with van der Waals surface area (Å²) in [7, 11) is 0. The molecular formula is C27H32N4. The van der Waals surface area contributed by atoms with Crippen molar-refractivity contribution in [2.45, 2.75) is 27.2 Å². The minimum atomic E-state index is 0.527. The van der Waals surface area contributed by atoms with Crippen LogP contribution in [0.15, 0.2) is 94.1 Å². The summed E-state index contributed by atoms with van der Waals surface area (Å²) in [6.07, 6.45) is 7.90. The summed E-state index contributed by atoms with van der Waals surface area (Å²) in [6.45, 7) is 14.2. The van der Waals surface area contributed by atoms with Crippen LogP contribution in [0.3, 0.4) is 0 Å². The maximum atomic E-state index is 5.76. The lowest BCUT2D eigenvalue weighted by Crippen LogP contribution is -1.96. The Balaban J connectivity index is 2.08. The highest BCUT2D eigenvalue weighted by Crippen LogP contribution is 2.19. The van der Waals surface area contributed by atoms with Gasteiger partial charge in [-0.05, 0) is 67.0 Å². The minimum Gasteiger partial charge on any atom is -0.399 e. The van der Waals surface area contributed by atoms with Crippen LogP contribution in [0, 0.1) is 5.92 Å². The maximum Gasteiger partial charge on any atom is 0.0633 e. The van der Waals surface area contributed by atoms with Crippen molar-refractivity contribution in [1.82, 2.24) is 0 Å². The number of nitrogens with two attached hydrogens (primary N) is 1. The lowest BCUT2D eigenvalue weighted by Gasteiger charge is -2.06. The lowest BCUT2D eigenvalue weighted by atomic mass is 10.0. The van der Waals surface area contributed by atoms with Crippen molar-refractivity contribution >= 4 is 29.9 Å². The van der Waals surface area contributed by atoms with Gasteiger partial charge in [0.25, 0.3) is 0 Å². The first-order valence-electron chi connectivity index (χ1n) is 10.4. The van der Waals surface area contributed by atoms with Crippen LogP contribution >= 0.6 is 0 Å². The number of hydrogen-bond acceptors (Lipinski definition) is 4. The second kappa shape index (κ2) is 12.2. The van der Waals surface area contributed by atoms with E-state index in [-0.39, 0.29) is 0 Å². The van der Waals surface area contributed by atoms with Gasteiger partial charge in [0.2, 0.25) is 0 Å². The van der Waals surface area contributed by atoms with E-state index in [4.69, 9.17) is 5.73 Å². The Kier molecular flexibility index (Phi) is 9.37. The van der Waals surface area contributed by atoms with E-state index >= 15 is 0 Å². The molecule has 2 rings (SSSR count). The van der Waals surface area contributed by atoms with Crippen LogP contribution in [0.2, 0.25) is 0 Å². The molecule has 0 aliphatic heterocycles. The zero-order valence-corrected chi connectivity index (χ0v) is 18.8. The Morgan fingerprint density at radius 3 is 2.19 bits per heavy atom. The summed E-state index contributed by atoms with van der Waals surface area (Å²) in [5.74, 6) is 0.527. The highest BCUT2D eigenvalue weighted by molar-refractivity contribution is 6.09. The molecule has 0 unspecified atom stereocenters. The Labute approximate surface area is 186 Å². The van der Waals surface area contributed by atoms with Crippen LogP contribution in [0.1, 0.15) is 37.5 Å². The van der Waals surface area contributed by atoms with E-state index in [0.29, 0.717) is 11.6 Å². The van der Waals surface area contributed by atoms with E-state index in [9.17, 15) is 0 Å². The van der Waals surface area contributed by atoms with Gasteiger partial charge >= 0.3 is 0 Å². The molecule has 0 heterocycles. The third-order valence-corrected chi connectivity index (χ3v) is 4.48. The molecular weight excluding hydrogens is 380 g/mol. The fraction of sp³-hybridized carbons (Fsp3) is 0.222. The van der Waals surface area contributed by atoms with Gasteiger partial charge in [-0.1, -0.05) is 56.8 Å². The quantitative estimate of drug-likeness (QED) is 0.368. The van der Waals surface area contributed by atoms with Gasteiger partial charge in [0.15, 0.2) is 0 Å². The van der Waals surface area contributed by atoms with E-state index < -0.39 is 0 Å². The smallest absolute Gasteiger partial charge is 0.0633 e. The molecule has 0 bridgehead atoms. The van der Waals surface area contributed by atoms with Crippen LogP contribution in [0.4, 0.5) is 5.69 Å². The summed E-state index contributed by atoms with van der Waals surface area (Å²) in [5.41, 5.74) is 12.6.